The van der Waals surface area contributed by atoms with Crippen molar-refractivity contribution in [2.75, 3.05) is 20.6 Å². The van der Waals surface area contributed by atoms with Gasteiger partial charge < -0.3 is 4.90 Å². The summed E-state index contributed by atoms with van der Waals surface area (Å²) in [6.07, 6.45) is 4.59. The molecule has 0 bridgehead atoms. The minimum Gasteiger partial charge on any atom is -0.309 e. The van der Waals surface area contributed by atoms with Crippen molar-refractivity contribution in [1.82, 2.24) is 4.90 Å². The Hall–Kier alpha value is -1.51. The zero-order valence-corrected chi connectivity index (χ0v) is 14.4. The van der Waals surface area contributed by atoms with Crippen LogP contribution in [0.2, 0.25) is 0 Å². The van der Waals surface area contributed by atoms with Crippen molar-refractivity contribution in [2.45, 2.75) is 29.6 Å². The Balaban J connectivity index is 2.11. The van der Waals surface area contributed by atoms with E-state index in [1.807, 2.05) is 11.8 Å². The fourth-order valence-corrected chi connectivity index (χ4v) is 4.13. The SMILES string of the molecule is CCc1cccc2c1C(=CCCN(C)C)c1ccccc1S2. The topological polar surface area (TPSA) is 3.24 Å². The Morgan fingerprint density at radius 2 is 1.77 bits per heavy atom. The molecule has 1 nitrogen and oxygen atoms in total. The van der Waals surface area contributed by atoms with Crippen LogP contribution in [0.4, 0.5) is 0 Å². The third-order valence-corrected chi connectivity index (χ3v) is 5.22. The van der Waals surface area contributed by atoms with E-state index >= 15 is 0 Å². The van der Waals surface area contributed by atoms with Gasteiger partial charge in [0.2, 0.25) is 0 Å². The van der Waals surface area contributed by atoms with Crippen LogP contribution in [-0.2, 0) is 6.42 Å². The minimum absolute atomic E-state index is 1.08. The molecule has 1 aliphatic rings. The summed E-state index contributed by atoms with van der Waals surface area (Å²) >= 11 is 1.90. The molecule has 0 fully saturated rings. The van der Waals surface area contributed by atoms with Crippen molar-refractivity contribution in [3.05, 3.63) is 65.2 Å². The molecule has 0 aliphatic carbocycles. The van der Waals surface area contributed by atoms with Crippen LogP contribution in [0, 0.1) is 0 Å². The predicted molar refractivity (Wildman–Crippen MR) is 96.6 cm³/mol. The van der Waals surface area contributed by atoms with E-state index in [1.165, 1.54) is 32.1 Å². The molecule has 0 saturated carbocycles. The van der Waals surface area contributed by atoms with E-state index in [0.29, 0.717) is 0 Å². The van der Waals surface area contributed by atoms with Crippen LogP contribution in [0.3, 0.4) is 0 Å². The second kappa shape index (κ2) is 6.72. The summed E-state index contributed by atoms with van der Waals surface area (Å²) in [5.74, 6) is 0. The fourth-order valence-electron chi connectivity index (χ4n) is 2.97. The lowest BCUT2D eigenvalue weighted by Crippen LogP contribution is -2.12. The highest BCUT2D eigenvalue weighted by molar-refractivity contribution is 7.99. The van der Waals surface area contributed by atoms with Crippen LogP contribution >= 0.6 is 11.8 Å². The first-order valence-corrected chi connectivity index (χ1v) is 8.76. The molecule has 114 valence electrons. The number of hydrogen-bond acceptors (Lipinski definition) is 2. The molecule has 22 heavy (non-hydrogen) atoms. The lowest BCUT2D eigenvalue weighted by Gasteiger charge is -2.24. The second-order valence-electron chi connectivity index (χ2n) is 5.95. The smallest absolute Gasteiger partial charge is 0.0203 e. The molecular weight excluding hydrogens is 286 g/mol. The maximum Gasteiger partial charge on any atom is 0.0203 e. The fraction of sp³-hybridized carbons (Fsp3) is 0.300. The van der Waals surface area contributed by atoms with E-state index in [0.717, 1.165) is 19.4 Å². The maximum absolute atomic E-state index is 2.43. The molecule has 0 radical (unpaired) electrons. The Labute approximate surface area is 138 Å². The van der Waals surface area contributed by atoms with Crippen LogP contribution in [0.5, 0.6) is 0 Å². The van der Waals surface area contributed by atoms with Gasteiger partial charge in [-0.3, -0.25) is 0 Å². The Morgan fingerprint density at radius 1 is 1.00 bits per heavy atom. The molecule has 2 heteroatoms. The van der Waals surface area contributed by atoms with Crippen LogP contribution in [0.15, 0.2) is 58.3 Å². The van der Waals surface area contributed by atoms with Crippen molar-refractivity contribution in [1.29, 1.82) is 0 Å². The molecule has 0 amide bonds. The highest BCUT2D eigenvalue weighted by Gasteiger charge is 2.22. The summed E-state index contributed by atoms with van der Waals surface area (Å²) in [6.45, 7) is 3.33. The first-order chi connectivity index (χ1) is 10.7. The molecule has 0 aromatic heterocycles. The standard InChI is InChI=1S/C20H23NS/c1-4-15-9-7-13-19-20(15)17(11-8-14-21(2)3)16-10-5-6-12-18(16)22-19/h5-7,9-13H,4,8,14H2,1-3H3. The average Bonchev–Trinajstić information content (AvgIpc) is 2.53. The quantitative estimate of drug-likeness (QED) is 0.660. The van der Waals surface area contributed by atoms with E-state index < -0.39 is 0 Å². The van der Waals surface area contributed by atoms with Gasteiger partial charge in [0.25, 0.3) is 0 Å². The molecular formula is C20H23NS. The number of nitrogens with zero attached hydrogens (tertiary/aromatic N) is 1. The number of fused-ring (bicyclic) bond motifs is 2. The van der Waals surface area contributed by atoms with Crippen LogP contribution < -0.4 is 0 Å². The maximum atomic E-state index is 2.43. The van der Waals surface area contributed by atoms with Crippen molar-refractivity contribution in [2.24, 2.45) is 0 Å². The Bertz CT molecular complexity index is 701. The van der Waals surface area contributed by atoms with Gasteiger partial charge in [0.15, 0.2) is 0 Å². The van der Waals surface area contributed by atoms with Gasteiger partial charge >= 0.3 is 0 Å². The summed E-state index contributed by atoms with van der Waals surface area (Å²) in [7, 11) is 4.27. The molecule has 3 rings (SSSR count). The molecule has 0 unspecified atom stereocenters. The third kappa shape index (κ3) is 2.99. The number of rotatable bonds is 4. The molecule has 0 atom stereocenters. The van der Waals surface area contributed by atoms with Gasteiger partial charge in [-0.2, -0.15) is 0 Å². The lowest BCUT2D eigenvalue weighted by molar-refractivity contribution is 0.417. The first kappa shape index (κ1) is 15.4. The van der Waals surface area contributed by atoms with E-state index in [2.05, 4.69) is 74.5 Å². The number of hydrogen-bond donors (Lipinski definition) is 0. The molecule has 1 aliphatic heterocycles. The highest BCUT2D eigenvalue weighted by Crippen LogP contribution is 2.46. The van der Waals surface area contributed by atoms with Gasteiger partial charge in [0, 0.05) is 16.3 Å². The molecule has 0 saturated heterocycles. The largest absolute Gasteiger partial charge is 0.309 e. The van der Waals surface area contributed by atoms with Crippen molar-refractivity contribution in [3.63, 3.8) is 0 Å². The van der Waals surface area contributed by atoms with Crippen LogP contribution in [0.1, 0.15) is 30.0 Å². The summed E-state index contributed by atoms with van der Waals surface area (Å²) < 4.78 is 0. The predicted octanol–water partition coefficient (Wildman–Crippen LogP) is 5.10. The summed E-state index contributed by atoms with van der Waals surface area (Å²) in [4.78, 5) is 5.01. The van der Waals surface area contributed by atoms with Crippen LogP contribution in [0.25, 0.3) is 5.57 Å². The zero-order chi connectivity index (χ0) is 15.5. The Kier molecular flexibility index (Phi) is 4.70. The van der Waals surface area contributed by atoms with Crippen molar-refractivity contribution >= 4 is 17.3 Å². The molecule has 2 aromatic carbocycles. The lowest BCUT2D eigenvalue weighted by atomic mass is 9.91. The first-order valence-electron chi connectivity index (χ1n) is 7.95. The van der Waals surface area contributed by atoms with Gasteiger partial charge in [0.05, 0.1) is 0 Å². The number of benzene rings is 2. The molecule has 0 N–H and O–H groups in total. The van der Waals surface area contributed by atoms with Crippen LogP contribution in [-0.4, -0.2) is 25.5 Å². The second-order valence-corrected chi connectivity index (χ2v) is 7.04. The Morgan fingerprint density at radius 3 is 2.55 bits per heavy atom. The van der Waals surface area contributed by atoms with Gasteiger partial charge in [-0.05, 0) is 61.3 Å². The summed E-state index contributed by atoms with van der Waals surface area (Å²) in [5, 5.41) is 0. The monoisotopic (exact) mass is 309 g/mol. The summed E-state index contributed by atoms with van der Waals surface area (Å²) in [5.41, 5.74) is 5.71. The number of aryl methyl sites for hydroxylation is 1. The normalized spacial score (nSPS) is 15.0. The van der Waals surface area contributed by atoms with E-state index in [9.17, 15) is 0 Å². The van der Waals surface area contributed by atoms with Gasteiger partial charge in [-0.1, -0.05) is 55.1 Å². The van der Waals surface area contributed by atoms with Gasteiger partial charge in [0.1, 0.15) is 0 Å². The molecule has 1 heterocycles. The third-order valence-electron chi connectivity index (χ3n) is 4.08. The highest BCUT2D eigenvalue weighted by atomic mass is 32.2. The van der Waals surface area contributed by atoms with E-state index in [1.54, 1.807) is 0 Å². The van der Waals surface area contributed by atoms with Crippen molar-refractivity contribution < 1.29 is 0 Å². The van der Waals surface area contributed by atoms with Gasteiger partial charge in [-0.25, -0.2) is 0 Å². The minimum atomic E-state index is 1.08. The zero-order valence-electron chi connectivity index (χ0n) is 13.6. The molecule has 2 aromatic rings. The molecule has 0 spiro atoms. The van der Waals surface area contributed by atoms with Gasteiger partial charge in [-0.15, -0.1) is 0 Å². The van der Waals surface area contributed by atoms with Crippen molar-refractivity contribution in [3.8, 4) is 0 Å². The van der Waals surface area contributed by atoms with E-state index in [4.69, 9.17) is 0 Å². The summed E-state index contributed by atoms with van der Waals surface area (Å²) in [6, 6.07) is 15.5. The van der Waals surface area contributed by atoms with E-state index in [-0.39, 0.29) is 0 Å². The average molecular weight is 309 g/mol.